The normalized spacial score (nSPS) is 15.9. The number of esters is 1. The van der Waals surface area contributed by atoms with E-state index in [-0.39, 0.29) is 18.1 Å². The van der Waals surface area contributed by atoms with E-state index >= 15 is 0 Å². The Bertz CT molecular complexity index is 1140. The smallest absolute Gasteiger partial charge is 0.338 e. The highest BCUT2D eigenvalue weighted by atomic mass is 16.5. The molecule has 6 nitrogen and oxygen atoms in total. The lowest BCUT2D eigenvalue weighted by atomic mass is 10.0. The molecule has 6 heteroatoms. The van der Waals surface area contributed by atoms with Crippen molar-refractivity contribution in [1.29, 1.82) is 0 Å². The number of carbonyl (C=O) groups excluding carboxylic acids is 1. The van der Waals surface area contributed by atoms with E-state index in [4.69, 9.17) is 9.47 Å². The minimum Gasteiger partial charge on any atom is -0.459 e. The second kappa shape index (κ2) is 10.3. The van der Waals surface area contributed by atoms with Crippen LogP contribution < -0.4 is 0 Å². The standard InChI is InChI=1S/C28H37N3O3/c1-19(2)34-28(32)26-16-25-15-24(23-9-7-22(8-10-23)17-29(5)6)18-31(25)27(20(26)3)21(4)30-11-13-33-14-12-30/h7-10,15-16,18-19,21H,11-14,17H2,1-6H3. The lowest BCUT2D eigenvalue weighted by molar-refractivity contribution is 0.0186. The van der Waals surface area contributed by atoms with Crippen molar-refractivity contribution in [1.82, 2.24) is 14.2 Å². The number of aromatic nitrogens is 1. The number of morpholine rings is 1. The van der Waals surface area contributed by atoms with Crippen molar-refractivity contribution in [2.75, 3.05) is 40.4 Å². The molecule has 34 heavy (non-hydrogen) atoms. The molecule has 1 aliphatic rings. The Morgan fingerprint density at radius 3 is 2.35 bits per heavy atom. The molecule has 0 spiro atoms. The van der Waals surface area contributed by atoms with Crippen LogP contribution in [0.15, 0.2) is 42.6 Å². The van der Waals surface area contributed by atoms with E-state index in [0.29, 0.717) is 5.56 Å². The van der Waals surface area contributed by atoms with Crippen molar-refractivity contribution in [2.24, 2.45) is 0 Å². The SMILES string of the molecule is Cc1c(C(=O)OC(C)C)cc2cc(-c3ccc(CN(C)C)cc3)cn2c1C(C)N1CCOCC1. The Kier molecular flexibility index (Phi) is 7.41. The fourth-order valence-corrected chi connectivity index (χ4v) is 4.84. The molecule has 3 aromatic rings. The van der Waals surface area contributed by atoms with Crippen molar-refractivity contribution in [3.63, 3.8) is 0 Å². The van der Waals surface area contributed by atoms with Crippen LogP contribution in [0.2, 0.25) is 0 Å². The van der Waals surface area contributed by atoms with E-state index in [0.717, 1.165) is 55.2 Å². The zero-order valence-corrected chi connectivity index (χ0v) is 21.3. The maximum absolute atomic E-state index is 13.0. The van der Waals surface area contributed by atoms with Gasteiger partial charge in [0.05, 0.1) is 24.9 Å². The molecule has 0 amide bonds. The predicted molar refractivity (Wildman–Crippen MR) is 136 cm³/mol. The van der Waals surface area contributed by atoms with Gasteiger partial charge in [-0.3, -0.25) is 4.90 Å². The van der Waals surface area contributed by atoms with E-state index in [9.17, 15) is 4.79 Å². The van der Waals surface area contributed by atoms with Crippen LogP contribution in [0.4, 0.5) is 0 Å². The minimum atomic E-state index is -0.263. The van der Waals surface area contributed by atoms with Crippen LogP contribution in [0.1, 0.15) is 54.0 Å². The molecule has 0 radical (unpaired) electrons. The van der Waals surface area contributed by atoms with E-state index < -0.39 is 0 Å². The average molecular weight is 464 g/mol. The van der Waals surface area contributed by atoms with Crippen molar-refractivity contribution in [2.45, 2.75) is 46.4 Å². The molecule has 1 saturated heterocycles. The summed E-state index contributed by atoms with van der Waals surface area (Å²) in [6, 6.07) is 13.0. The zero-order valence-electron chi connectivity index (χ0n) is 21.3. The highest BCUT2D eigenvalue weighted by molar-refractivity contribution is 5.93. The molecule has 182 valence electrons. The minimum absolute atomic E-state index is 0.140. The van der Waals surface area contributed by atoms with Gasteiger partial charge in [-0.05, 0) is 70.6 Å². The summed E-state index contributed by atoms with van der Waals surface area (Å²) in [4.78, 5) is 17.6. The van der Waals surface area contributed by atoms with Gasteiger partial charge in [0.15, 0.2) is 0 Å². The number of pyridine rings is 1. The Morgan fingerprint density at radius 1 is 1.06 bits per heavy atom. The molecular weight excluding hydrogens is 426 g/mol. The van der Waals surface area contributed by atoms with Gasteiger partial charge in [0.1, 0.15) is 0 Å². The Morgan fingerprint density at radius 2 is 1.74 bits per heavy atom. The molecule has 1 fully saturated rings. The van der Waals surface area contributed by atoms with E-state index in [1.54, 1.807) is 0 Å². The van der Waals surface area contributed by atoms with Crippen LogP contribution in [-0.4, -0.2) is 66.7 Å². The van der Waals surface area contributed by atoms with Gasteiger partial charge in [-0.25, -0.2) is 4.79 Å². The number of ether oxygens (including phenoxy) is 2. The third-order valence-corrected chi connectivity index (χ3v) is 6.53. The summed E-state index contributed by atoms with van der Waals surface area (Å²) in [5.74, 6) is -0.263. The van der Waals surface area contributed by atoms with Crippen LogP contribution in [0.3, 0.4) is 0 Å². The monoisotopic (exact) mass is 463 g/mol. The first kappa shape index (κ1) is 24.5. The molecule has 3 heterocycles. The second-order valence-electron chi connectivity index (χ2n) is 9.80. The van der Waals surface area contributed by atoms with Gasteiger partial charge < -0.3 is 18.8 Å². The van der Waals surface area contributed by atoms with E-state index in [1.807, 2.05) is 26.8 Å². The van der Waals surface area contributed by atoms with Gasteiger partial charge in [-0.2, -0.15) is 0 Å². The summed E-state index contributed by atoms with van der Waals surface area (Å²) in [6.07, 6.45) is 2.04. The number of benzene rings is 1. The van der Waals surface area contributed by atoms with Crippen LogP contribution in [0, 0.1) is 6.92 Å². The highest BCUT2D eigenvalue weighted by Gasteiger charge is 2.26. The molecule has 0 N–H and O–H groups in total. The first-order valence-corrected chi connectivity index (χ1v) is 12.2. The molecule has 1 unspecified atom stereocenters. The molecule has 0 bridgehead atoms. The van der Waals surface area contributed by atoms with Crippen LogP contribution in [-0.2, 0) is 16.0 Å². The van der Waals surface area contributed by atoms with Crippen molar-refractivity contribution >= 4 is 11.5 Å². The molecule has 2 aromatic heterocycles. The number of carbonyl (C=O) groups is 1. The number of hydrogen-bond donors (Lipinski definition) is 0. The summed E-state index contributed by atoms with van der Waals surface area (Å²) in [6.45, 7) is 12.2. The van der Waals surface area contributed by atoms with Crippen LogP contribution in [0.25, 0.3) is 16.6 Å². The van der Waals surface area contributed by atoms with Crippen LogP contribution in [0.5, 0.6) is 0 Å². The fraction of sp³-hybridized carbons (Fsp3) is 0.464. The van der Waals surface area contributed by atoms with Gasteiger partial charge in [-0.15, -0.1) is 0 Å². The number of nitrogens with zero attached hydrogens (tertiary/aromatic N) is 3. The first-order valence-electron chi connectivity index (χ1n) is 12.2. The molecule has 4 rings (SSSR count). The first-order chi connectivity index (χ1) is 16.2. The summed E-state index contributed by atoms with van der Waals surface area (Å²) in [5, 5.41) is 0. The Balaban J connectivity index is 1.80. The largest absolute Gasteiger partial charge is 0.459 e. The van der Waals surface area contributed by atoms with E-state index in [2.05, 4.69) is 71.7 Å². The van der Waals surface area contributed by atoms with Gasteiger partial charge in [0.2, 0.25) is 0 Å². The number of fused-ring (bicyclic) bond motifs is 1. The average Bonchev–Trinajstić information content (AvgIpc) is 3.22. The lowest BCUT2D eigenvalue weighted by Crippen LogP contribution is -2.39. The third-order valence-electron chi connectivity index (χ3n) is 6.53. The number of rotatable bonds is 7. The maximum atomic E-state index is 13.0. The maximum Gasteiger partial charge on any atom is 0.338 e. The number of hydrogen-bond acceptors (Lipinski definition) is 5. The van der Waals surface area contributed by atoms with Crippen LogP contribution >= 0.6 is 0 Å². The lowest BCUT2D eigenvalue weighted by Gasteiger charge is -2.34. The fourth-order valence-electron chi connectivity index (χ4n) is 4.84. The van der Waals surface area contributed by atoms with Crippen molar-refractivity contribution in [3.05, 3.63) is 65.0 Å². The Hall–Kier alpha value is -2.67. The van der Waals surface area contributed by atoms with E-state index in [1.165, 1.54) is 11.1 Å². The predicted octanol–water partition coefficient (Wildman–Crippen LogP) is 4.93. The molecule has 0 saturated carbocycles. The van der Waals surface area contributed by atoms with Crippen molar-refractivity contribution < 1.29 is 14.3 Å². The summed E-state index contributed by atoms with van der Waals surface area (Å²) in [5.41, 5.74) is 7.34. The highest BCUT2D eigenvalue weighted by Crippen LogP contribution is 2.32. The summed E-state index contributed by atoms with van der Waals surface area (Å²) < 4.78 is 13.4. The van der Waals surface area contributed by atoms with Crippen molar-refractivity contribution in [3.8, 4) is 11.1 Å². The summed E-state index contributed by atoms with van der Waals surface area (Å²) in [7, 11) is 4.16. The molecular formula is C28H37N3O3. The molecule has 1 aromatic carbocycles. The quantitative estimate of drug-likeness (QED) is 0.465. The van der Waals surface area contributed by atoms with Gasteiger partial charge >= 0.3 is 5.97 Å². The summed E-state index contributed by atoms with van der Waals surface area (Å²) >= 11 is 0. The topological polar surface area (TPSA) is 46.4 Å². The second-order valence-corrected chi connectivity index (χ2v) is 9.80. The Labute approximate surface area is 203 Å². The molecule has 1 atom stereocenters. The molecule has 1 aliphatic heterocycles. The van der Waals surface area contributed by atoms with Gasteiger partial charge in [0, 0.05) is 48.6 Å². The van der Waals surface area contributed by atoms with Gasteiger partial charge in [-0.1, -0.05) is 24.3 Å². The zero-order chi connectivity index (χ0) is 24.4. The van der Waals surface area contributed by atoms with Gasteiger partial charge in [0.25, 0.3) is 0 Å². The third kappa shape index (κ3) is 5.19. The molecule has 0 aliphatic carbocycles.